The van der Waals surface area contributed by atoms with Crippen molar-refractivity contribution >= 4 is 0 Å². The van der Waals surface area contributed by atoms with Gasteiger partial charge in [0.1, 0.15) is 0 Å². The third kappa shape index (κ3) is 4.86. The fourth-order valence-electron chi connectivity index (χ4n) is 8.07. The largest absolute Gasteiger partial charge is 0.208 e. The predicted molar refractivity (Wildman–Crippen MR) is 196 cm³/mol. The lowest BCUT2D eigenvalue weighted by Crippen LogP contribution is -2.28. The molecule has 2 aliphatic rings. The fraction of sp³-hybridized carbons (Fsp3) is 0.133. The topological polar surface area (TPSA) is 38.7 Å². The molecule has 0 aliphatic heterocycles. The van der Waals surface area contributed by atoms with Crippen LogP contribution in [0.4, 0.5) is 0 Å². The van der Waals surface area contributed by atoms with Crippen molar-refractivity contribution < 1.29 is 0 Å². The summed E-state index contributed by atoms with van der Waals surface area (Å²) in [6.45, 7) is 0. The molecule has 1 saturated carbocycles. The monoisotopic (exact) mass is 617 g/mol. The Balaban J connectivity index is 1.05. The first-order valence-corrected chi connectivity index (χ1v) is 17.1. The summed E-state index contributed by atoms with van der Waals surface area (Å²) in [5.41, 5.74) is 14.0. The van der Waals surface area contributed by atoms with Crippen LogP contribution in [0.3, 0.4) is 0 Å². The van der Waals surface area contributed by atoms with Crippen LogP contribution in [-0.4, -0.2) is 15.0 Å². The van der Waals surface area contributed by atoms with Crippen LogP contribution in [0.5, 0.6) is 0 Å². The Morgan fingerprint density at radius 1 is 0.333 bits per heavy atom. The first-order chi connectivity index (χ1) is 23.8. The number of nitrogens with zero attached hydrogens (tertiary/aromatic N) is 3. The van der Waals surface area contributed by atoms with Crippen molar-refractivity contribution in [2.45, 2.75) is 37.5 Å². The first kappa shape index (κ1) is 28.5. The molecule has 0 atom stereocenters. The Labute approximate surface area is 282 Å². The van der Waals surface area contributed by atoms with E-state index in [1.54, 1.807) is 5.56 Å². The van der Waals surface area contributed by atoms with Crippen molar-refractivity contribution in [2.75, 3.05) is 0 Å². The molecule has 0 bridgehead atoms. The molecule has 48 heavy (non-hydrogen) atoms. The van der Waals surface area contributed by atoms with Gasteiger partial charge in [0.2, 0.25) is 0 Å². The maximum Gasteiger partial charge on any atom is 0.164 e. The summed E-state index contributed by atoms with van der Waals surface area (Å²) in [4.78, 5) is 14.6. The summed E-state index contributed by atoms with van der Waals surface area (Å²) in [6.07, 6.45) is 6.40. The molecule has 9 rings (SSSR count). The van der Waals surface area contributed by atoms with Crippen molar-refractivity contribution in [3.05, 3.63) is 163 Å². The van der Waals surface area contributed by atoms with E-state index in [0.717, 1.165) is 16.7 Å². The lowest BCUT2D eigenvalue weighted by Gasteiger charge is -2.37. The number of benzene rings is 6. The van der Waals surface area contributed by atoms with Crippen LogP contribution in [0, 0.1) is 0 Å². The van der Waals surface area contributed by atoms with Crippen molar-refractivity contribution in [2.24, 2.45) is 0 Å². The van der Waals surface area contributed by atoms with E-state index in [1.807, 2.05) is 60.7 Å². The SMILES string of the molecule is c1ccc(-c2nc(-c3ccccc3)nc(-c3ccc(-c4ccc(-c5cccc6c5C5(CCCCC5)c5ccccc5-6)cc4)cc3)n2)cc1. The van der Waals surface area contributed by atoms with E-state index < -0.39 is 0 Å². The van der Waals surface area contributed by atoms with Gasteiger partial charge in [0.05, 0.1) is 0 Å². The third-order valence-electron chi connectivity index (χ3n) is 10.4. The molecule has 0 N–H and O–H groups in total. The molecule has 0 unspecified atom stereocenters. The molecular weight excluding hydrogens is 583 g/mol. The first-order valence-electron chi connectivity index (χ1n) is 17.1. The highest BCUT2D eigenvalue weighted by Crippen LogP contribution is 2.58. The molecular formula is C45H35N3. The van der Waals surface area contributed by atoms with Crippen LogP contribution in [0.25, 0.3) is 67.5 Å². The summed E-state index contributed by atoms with van der Waals surface area (Å²) in [5.74, 6) is 2.01. The molecule has 0 radical (unpaired) electrons. The Morgan fingerprint density at radius 2 is 0.771 bits per heavy atom. The Kier molecular flexibility index (Phi) is 7.04. The lowest BCUT2D eigenvalue weighted by atomic mass is 9.66. The average Bonchev–Trinajstić information content (AvgIpc) is 3.44. The second kappa shape index (κ2) is 11.8. The minimum atomic E-state index is 0.130. The number of rotatable bonds is 5. The van der Waals surface area contributed by atoms with Crippen LogP contribution in [0.15, 0.2) is 152 Å². The quantitative estimate of drug-likeness (QED) is 0.193. The zero-order valence-electron chi connectivity index (χ0n) is 26.8. The van der Waals surface area contributed by atoms with Gasteiger partial charge in [0.15, 0.2) is 17.5 Å². The van der Waals surface area contributed by atoms with Crippen molar-refractivity contribution in [1.29, 1.82) is 0 Å². The van der Waals surface area contributed by atoms with Crippen LogP contribution in [0.1, 0.15) is 43.2 Å². The molecule has 2 aliphatic carbocycles. The molecule has 3 heteroatoms. The van der Waals surface area contributed by atoms with Crippen molar-refractivity contribution in [3.8, 4) is 67.5 Å². The van der Waals surface area contributed by atoms with Gasteiger partial charge in [-0.05, 0) is 57.3 Å². The molecule has 3 nitrogen and oxygen atoms in total. The smallest absolute Gasteiger partial charge is 0.164 e. The number of hydrogen-bond donors (Lipinski definition) is 0. The van der Waals surface area contributed by atoms with Crippen LogP contribution in [0.2, 0.25) is 0 Å². The van der Waals surface area contributed by atoms with E-state index >= 15 is 0 Å². The van der Waals surface area contributed by atoms with Gasteiger partial charge in [0, 0.05) is 22.1 Å². The van der Waals surface area contributed by atoms with E-state index in [2.05, 4.69) is 91.0 Å². The highest BCUT2D eigenvalue weighted by molar-refractivity contribution is 5.89. The average molecular weight is 618 g/mol. The van der Waals surface area contributed by atoms with Crippen LogP contribution < -0.4 is 0 Å². The second-order valence-corrected chi connectivity index (χ2v) is 13.1. The van der Waals surface area contributed by atoms with E-state index in [4.69, 9.17) is 15.0 Å². The maximum atomic E-state index is 4.90. The summed E-state index contributed by atoms with van der Waals surface area (Å²) in [7, 11) is 0. The summed E-state index contributed by atoms with van der Waals surface area (Å²) in [6, 6.07) is 54.0. The Hall–Kier alpha value is -5.67. The van der Waals surface area contributed by atoms with Crippen LogP contribution >= 0.6 is 0 Å². The standard InChI is InChI=1S/C45H35N3/c1-4-13-34(14-5-1)42-46-43(35-15-6-2-7-16-35)48-44(47-42)36-27-23-32(24-28-36)31-21-25-33(26-22-31)37-18-12-19-39-38-17-8-9-20-40(38)45(41(37)39)29-10-3-11-30-45/h1-2,4-9,12-28H,3,10-11,29-30H2. The van der Waals surface area contributed by atoms with E-state index in [0.29, 0.717) is 17.5 Å². The molecule has 6 aromatic carbocycles. The highest BCUT2D eigenvalue weighted by atomic mass is 15.0. The van der Waals surface area contributed by atoms with Gasteiger partial charge in [-0.3, -0.25) is 0 Å². The maximum absolute atomic E-state index is 4.90. The number of hydrogen-bond acceptors (Lipinski definition) is 3. The summed E-state index contributed by atoms with van der Waals surface area (Å²) >= 11 is 0. The second-order valence-electron chi connectivity index (χ2n) is 13.1. The molecule has 230 valence electrons. The summed E-state index contributed by atoms with van der Waals surface area (Å²) < 4.78 is 0. The van der Waals surface area contributed by atoms with E-state index in [9.17, 15) is 0 Å². The molecule has 1 fully saturated rings. The Bertz CT molecular complexity index is 2170. The van der Waals surface area contributed by atoms with Crippen LogP contribution in [-0.2, 0) is 5.41 Å². The van der Waals surface area contributed by atoms with Gasteiger partial charge in [-0.1, -0.05) is 171 Å². The normalized spacial score (nSPS) is 14.4. The van der Waals surface area contributed by atoms with Gasteiger partial charge in [-0.25, -0.2) is 15.0 Å². The molecule has 7 aromatic rings. The van der Waals surface area contributed by atoms with Gasteiger partial charge < -0.3 is 0 Å². The molecule has 0 saturated heterocycles. The zero-order valence-corrected chi connectivity index (χ0v) is 26.8. The highest BCUT2D eigenvalue weighted by Gasteiger charge is 2.45. The zero-order chi connectivity index (χ0) is 31.9. The minimum absolute atomic E-state index is 0.130. The third-order valence-corrected chi connectivity index (χ3v) is 10.4. The van der Waals surface area contributed by atoms with E-state index in [1.165, 1.54) is 71.0 Å². The van der Waals surface area contributed by atoms with Gasteiger partial charge in [-0.15, -0.1) is 0 Å². The van der Waals surface area contributed by atoms with Gasteiger partial charge in [-0.2, -0.15) is 0 Å². The van der Waals surface area contributed by atoms with Gasteiger partial charge in [0.25, 0.3) is 0 Å². The number of aromatic nitrogens is 3. The fourth-order valence-corrected chi connectivity index (χ4v) is 8.07. The van der Waals surface area contributed by atoms with E-state index in [-0.39, 0.29) is 5.41 Å². The summed E-state index contributed by atoms with van der Waals surface area (Å²) in [5, 5.41) is 0. The van der Waals surface area contributed by atoms with Gasteiger partial charge >= 0.3 is 0 Å². The molecule has 1 aromatic heterocycles. The van der Waals surface area contributed by atoms with Crippen molar-refractivity contribution in [1.82, 2.24) is 15.0 Å². The van der Waals surface area contributed by atoms with Crippen molar-refractivity contribution in [3.63, 3.8) is 0 Å². The number of fused-ring (bicyclic) bond motifs is 5. The minimum Gasteiger partial charge on any atom is -0.208 e. The lowest BCUT2D eigenvalue weighted by molar-refractivity contribution is 0.353. The predicted octanol–water partition coefficient (Wildman–Crippen LogP) is 11.4. The molecule has 1 heterocycles. The molecule has 1 spiro atoms. The molecule has 0 amide bonds. The Morgan fingerprint density at radius 3 is 1.35 bits per heavy atom.